The highest BCUT2D eigenvalue weighted by Crippen LogP contribution is 2.43. The molecule has 2 aliphatic rings. The molecule has 3 heterocycles. The number of hydrogen-bond acceptors (Lipinski definition) is 5. The predicted molar refractivity (Wildman–Crippen MR) is 98.4 cm³/mol. The minimum Gasteiger partial charge on any atom is -0.378 e. The predicted octanol–water partition coefficient (Wildman–Crippen LogP) is 2.93. The maximum atomic E-state index is 12.4. The molecule has 1 unspecified atom stereocenters. The second-order valence-electron chi connectivity index (χ2n) is 6.10. The number of amides is 1. The molecule has 25 heavy (non-hydrogen) atoms. The Morgan fingerprint density at radius 3 is 2.64 bits per heavy atom. The highest BCUT2D eigenvalue weighted by Gasteiger charge is 2.34. The van der Waals surface area contributed by atoms with Crippen LogP contribution in [0.3, 0.4) is 0 Å². The topological polar surface area (TPSA) is 58.6 Å². The molecule has 1 N–H and O–H groups in total. The summed E-state index contributed by atoms with van der Waals surface area (Å²) >= 11 is 7.40. The number of ether oxygens (including phenoxy) is 1. The average molecular weight is 377 g/mol. The van der Waals surface area contributed by atoms with Crippen molar-refractivity contribution in [3.8, 4) is 0 Å². The third-order valence-corrected chi connectivity index (χ3v) is 6.21. The maximum Gasteiger partial charge on any atom is 0.261 e. The van der Waals surface area contributed by atoms with E-state index in [1.807, 2.05) is 24.3 Å². The van der Waals surface area contributed by atoms with Gasteiger partial charge in [-0.2, -0.15) is 0 Å². The van der Waals surface area contributed by atoms with Gasteiger partial charge in [0.2, 0.25) is 0 Å². The van der Waals surface area contributed by atoms with E-state index in [0.29, 0.717) is 35.2 Å². The van der Waals surface area contributed by atoms with Crippen molar-refractivity contribution < 1.29 is 14.3 Å². The molecule has 2 aliphatic heterocycles. The summed E-state index contributed by atoms with van der Waals surface area (Å²) in [6, 6.07) is 7.58. The van der Waals surface area contributed by atoms with Crippen LogP contribution in [0.2, 0.25) is 5.02 Å². The second kappa shape index (κ2) is 6.78. The van der Waals surface area contributed by atoms with Crippen LogP contribution in [-0.2, 0) is 4.74 Å². The molecule has 1 amide bonds. The van der Waals surface area contributed by atoms with Crippen LogP contribution in [0.25, 0.3) is 0 Å². The Balaban J connectivity index is 1.82. The summed E-state index contributed by atoms with van der Waals surface area (Å²) in [5, 5.41) is 4.49. The third kappa shape index (κ3) is 2.94. The van der Waals surface area contributed by atoms with Crippen LogP contribution in [-0.4, -0.2) is 45.0 Å². The van der Waals surface area contributed by atoms with Gasteiger partial charge in [0.05, 0.1) is 23.7 Å². The molecule has 130 valence electrons. The van der Waals surface area contributed by atoms with Crippen molar-refractivity contribution in [2.45, 2.75) is 5.92 Å². The molecule has 0 bridgehead atoms. The van der Waals surface area contributed by atoms with E-state index in [0.717, 1.165) is 35.5 Å². The first kappa shape index (κ1) is 16.6. The van der Waals surface area contributed by atoms with Gasteiger partial charge in [-0.3, -0.25) is 9.59 Å². The van der Waals surface area contributed by atoms with Crippen molar-refractivity contribution >= 4 is 40.1 Å². The fraction of sp³-hybridized carbons (Fsp3) is 0.333. The fourth-order valence-corrected chi connectivity index (χ4v) is 4.86. The first-order valence-electron chi connectivity index (χ1n) is 8.17. The Hall–Kier alpha value is -1.89. The fourth-order valence-electron chi connectivity index (χ4n) is 3.43. The number of aldehydes is 1. The molecule has 0 spiro atoms. The van der Waals surface area contributed by atoms with Crippen LogP contribution in [0.15, 0.2) is 24.3 Å². The highest BCUT2D eigenvalue weighted by molar-refractivity contribution is 7.18. The first-order valence-corrected chi connectivity index (χ1v) is 9.36. The van der Waals surface area contributed by atoms with Crippen LogP contribution in [0.5, 0.6) is 0 Å². The van der Waals surface area contributed by atoms with Crippen LogP contribution in [0.1, 0.15) is 37.1 Å². The van der Waals surface area contributed by atoms with Crippen molar-refractivity contribution in [1.29, 1.82) is 0 Å². The molecule has 1 saturated heterocycles. The minimum absolute atomic E-state index is 0.0452. The zero-order valence-corrected chi connectivity index (χ0v) is 15.0. The number of halogens is 1. The summed E-state index contributed by atoms with van der Waals surface area (Å²) in [6.07, 6.45) is 0.891. The normalized spacial score (nSPS) is 20.1. The van der Waals surface area contributed by atoms with E-state index in [1.54, 1.807) is 0 Å². The number of carbonyl (C=O) groups excluding carboxylic acids is 2. The molecule has 2 aromatic rings. The molecular formula is C18H17ClN2O3S. The number of nitrogens with one attached hydrogen (secondary N) is 1. The van der Waals surface area contributed by atoms with E-state index in [9.17, 15) is 9.59 Å². The van der Waals surface area contributed by atoms with Crippen LogP contribution in [0, 0.1) is 0 Å². The quantitative estimate of drug-likeness (QED) is 0.837. The standard InChI is InChI=1S/C18H17ClN2O3S/c19-12-3-1-11(2-4-12)13-9-20-17(23)16-15(13)14(10-22)18(25-16)21-5-7-24-8-6-21/h1-4,10,13H,5-9H2,(H,20,23). The van der Waals surface area contributed by atoms with Gasteiger partial charge in [-0.1, -0.05) is 23.7 Å². The molecule has 7 heteroatoms. The summed E-state index contributed by atoms with van der Waals surface area (Å²) in [4.78, 5) is 27.1. The number of rotatable bonds is 3. The number of benzene rings is 1. The van der Waals surface area contributed by atoms with Crippen molar-refractivity contribution in [1.82, 2.24) is 5.32 Å². The summed E-state index contributed by atoms with van der Waals surface area (Å²) in [5.41, 5.74) is 2.52. The van der Waals surface area contributed by atoms with Gasteiger partial charge in [0.1, 0.15) is 5.00 Å². The van der Waals surface area contributed by atoms with Gasteiger partial charge < -0.3 is 15.0 Å². The Kier molecular flexibility index (Phi) is 4.50. The van der Waals surface area contributed by atoms with E-state index in [-0.39, 0.29) is 11.8 Å². The molecule has 0 aliphatic carbocycles. The van der Waals surface area contributed by atoms with Gasteiger partial charge in [0, 0.05) is 30.6 Å². The summed E-state index contributed by atoms with van der Waals surface area (Å²) in [6.45, 7) is 3.20. The minimum atomic E-state index is -0.104. The third-order valence-electron chi connectivity index (χ3n) is 4.67. The van der Waals surface area contributed by atoms with Crippen LogP contribution < -0.4 is 10.2 Å². The number of nitrogens with zero attached hydrogens (tertiary/aromatic N) is 1. The zero-order chi connectivity index (χ0) is 17.4. The van der Waals surface area contributed by atoms with Crippen molar-refractivity contribution in [3.05, 3.63) is 50.9 Å². The lowest BCUT2D eigenvalue weighted by molar-refractivity contribution is 0.0947. The smallest absolute Gasteiger partial charge is 0.261 e. The summed E-state index contributed by atoms with van der Waals surface area (Å²) in [5.74, 6) is -0.149. The van der Waals surface area contributed by atoms with Crippen molar-refractivity contribution in [2.24, 2.45) is 0 Å². The van der Waals surface area contributed by atoms with E-state index < -0.39 is 0 Å². The second-order valence-corrected chi connectivity index (χ2v) is 7.53. The number of thiophene rings is 1. The van der Waals surface area contributed by atoms with Crippen LogP contribution >= 0.6 is 22.9 Å². The number of hydrogen-bond donors (Lipinski definition) is 1. The Labute approximate surface area is 154 Å². The molecule has 5 nitrogen and oxygen atoms in total. The number of anilines is 1. The van der Waals surface area contributed by atoms with Gasteiger partial charge in [-0.05, 0) is 23.3 Å². The molecule has 1 atom stereocenters. The maximum absolute atomic E-state index is 12.4. The van der Waals surface area contributed by atoms with Gasteiger partial charge >= 0.3 is 0 Å². The molecule has 1 fully saturated rings. The summed E-state index contributed by atoms with van der Waals surface area (Å²) in [7, 11) is 0. The average Bonchev–Trinajstić information content (AvgIpc) is 3.04. The number of fused-ring (bicyclic) bond motifs is 1. The molecule has 4 rings (SSSR count). The lowest BCUT2D eigenvalue weighted by atomic mass is 9.86. The zero-order valence-electron chi connectivity index (χ0n) is 13.5. The Morgan fingerprint density at radius 2 is 1.96 bits per heavy atom. The first-order chi connectivity index (χ1) is 12.2. The highest BCUT2D eigenvalue weighted by atomic mass is 35.5. The van der Waals surface area contributed by atoms with E-state index in [2.05, 4.69) is 10.2 Å². The number of carbonyl (C=O) groups is 2. The lowest BCUT2D eigenvalue weighted by Gasteiger charge is -2.28. The number of morpholine rings is 1. The molecule has 1 aromatic carbocycles. The largest absolute Gasteiger partial charge is 0.378 e. The Bertz CT molecular complexity index is 812. The summed E-state index contributed by atoms with van der Waals surface area (Å²) < 4.78 is 5.40. The van der Waals surface area contributed by atoms with Gasteiger partial charge in [-0.15, -0.1) is 11.3 Å². The van der Waals surface area contributed by atoms with E-state index in [1.165, 1.54) is 11.3 Å². The Morgan fingerprint density at radius 1 is 1.24 bits per heavy atom. The monoisotopic (exact) mass is 376 g/mol. The van der Waals surface area contributed by atoms with Gasteiger partial charge in [0.25, 0.3) is 5.91 Å². The molecule has 0 saturated carbocycles. The van der Waals surface area contributed by atoms with Crippen molar-refractivity contribution in [2.75, 3.05) is 37.7 Å². The lowest BCUT2D eigenvalue weighted by Crippen LogP contribution is -2.36. The van der Waals surface area contributed by atoms with Gasteiger partial charge in [0.15, 0.2) is 6.29 Å². The molecule has 0 radical (unpaired) electrons. The SMILES string of the molecule is O=Cc1c(N2CCOCC2)sc2c1C(c1ccc(Cl)cc1)CNC2=O. The van der Waals surface area contributed by atoms with Gasteiger partial charge in [-0.25, -0.2) is 0 Å². The van der Waals surface area contributed by atoms with Crippen LogP contribution in [0.4, 0.5) is 5.00 Å². The molecule has 1 aromatic heterocycles. The van der Waals surface area contributed by atoms with E-state index in [4.69, 9.17) is 16.3 Å². The van der Waals surface area contributed by atoms with E-state index >= 15 is 0 Å². The molecular weight excluding hydrogens is 360 g/mol. The van der Waals surface area contributed by atoms with Crippen molar-refractivity contribution in [3.63, 3.8) is 0 Å².